The van der Waals surface area contributed by atoms with Gasteiger partial charge >= 0.3 is 0 Å². The van der Waals surface area contributed by atoms with Crippen molar-refractivity contribution in [2.45, 2.75) is 13.2 Å². The predicted molar refractivity (Wildman–Crippen MR) is 94.0 cm³/mol. The molecule has 128 valence electrons. The summed E-state index contributed by atoms with van der Waals surface area (Å²) in [7, 11) is 0. The summed E-state index contributed by atoms with van der Waals surface area (Å²) in [6, 6.07) is 20.8. The van der Waals surface area contributed by atoms with Gasteiger partial charge in [-0.05, 0) is 35.4 Å². The van der Waals surface area contributed by atoms with Crippen LogP contribution >= 0.6 is 0 Å². The van der Waals surface area contributed by atoms with E-state index in [-0.39, 0.29) is 12.4 Å². The van der Waals surface area contributed by atoms with Gasteiger partial charge in [0.1, 0.15) is 12.4 Å². The molecule has 0 bridgehead atoms. The molecule has 5 heteroatoms. The average molecular weight is 340 g/mol. The van der Waals surface area contributed by atoms with Crippen LogP contribution in [0.3, 0.4) is 0 Å². The zero-order valence-corrected chi connectivity index (χ0v) is 13.5. The van der Waals surface area contributed by atoms with Crippen LogP contribution in [0, 0.1) is 11.6 Å². The van der Waals surface area contributed by atoms with Gasteiger partial charge in [0, 0.05) is 18.3 Å². The van der Waals surface area contributed by atoms with Gasteiger partial charge in [0.05, 0.1) is 0 Å². The molecule has 0 spiro atoms. The van der Waals surface area contributed by atoms with Crippen LogP contribution in [-0.4, -0.2) is 0 Å². The van der Waals surface area contributed by atoms with Crippen LogP contribution in [-0.2, 0) is 13.2 Å². The van der Waals surface area contributed by atoms with E-state index >= 15 is 0 Å². The summed E-state index contributed by atoms with van der Waals surface area (Å²) in [4.78, 5) is 0. The number of benzene rings is 3. The van der Waals surface area contributed by atoms with E-state index in [0.717, 1.165) is 22.9 Å². The second-order valence-corrected chi connectivity index (χ2v) is 5.48. The quantitative estimate of drug-likeness (QED) is 0.614. The molecule has 2 N–H and O–H groups in total. The molecular formula is C20H18F2N2O. The smallest absolute Gasteiger partial charge is 0.167 e. The fourth-order valence-electron chi connectivity index (χ4n) is 2.38. The van der Waals surface area contributed by atoms with Crippen LogP contribution in [0.1, 0.15) is 11.1 Å². The van der Waals surface area contributed by atoms with Crippen LogP contribution < -0.4 is 15.6 Å². The van der Waals surface area contributed by atoms with Crippen LogP contribution in [0.25, 0.3) is 0 Å². The van der Waals surface area contributed by atoms with E-state index in [1.807, 2.05) is 54.6 Å². The van der Waals surface area contributed by atoms with Crippen molar-refractivity contribution in [2.75, 3.05) is 5.43 Å². The van der Waals surface area contributed by atoms with Crippen molar-refractivity contribution in [1.29, 1.82) is 0 Å². The highest BCUT2D eigenvalue weighted by Gasteiger charge is 2.07. The number of ether oxygens (including phenoxy) is 1. The van der Waals surface area contributed by atoms with Crippen molar-refractivity contribution >= 4 is 5.69 Å². The molecule has 25 heavy (non-hydrogen) atoms. The highest BCUT2D eigenvalue weighted by molar-refractivity contribution is 5.41. The Hall–Kier alpha value is -2.92. The Morgan fingerprint density at radius 2 is 1.52 bits per heavy atom. The lowest BCUT2D eigenvalue weighted by Gasteiger charge is -2.13. The van der Waals surface area contributed by atoms with Crippen LogP contribution in [0.5, 0.6) is 5.75 Å². The summed E-state index contributed by atoms with van der Waals surface area (Å²) in [5, 5.41) is 0. The molecule has 0 fully saturated rings. The Morgan fingerprint density at radius 3 is 2.28 bits per heavy atom. The molecule has 0 aliphatic heterocycles. The first kappa shape index (κ1) is 16.9. The third-order valence-corrected chi connectivity index (χ3v) is 3.68. The largest absolute Gasteiger partial charge is 0.486 e. The van der Waals surface area contributed by atoms with Crippen molar-refractivity contribution < 1.29 is 13.5 Å². The highest BCUT2D eigenvalue weighted by atomic mass is 19.1. The van der Waals surface area contributed by atoms with Crippen molar-refractivity contribution in [2.24, 2.45) is 0 Å². The third-order valence-electron chi connectivity index (χ3n) is 3.68. The van der Waals surface area contributed by atoms with E-state index < -0.39 is 11.6 Å². The lowest BCUT2D eigenvalue weighted by molar-refractivity contribution is 0.288. The van der Waals surface area contributed by atoms with Crippen molar-refractivity contribution in [3.63, 3.8) is 0 Å². The zero-order chi connectivity index (χ0) is 17.5. The molecule has 3 rings (SSSR count). The number of anilines is 1. The van der Waals surface area contributed by atoms with E-state index in [4.69, 9.17) is 4.74 Å². The molecule has 0 atom stereocenters. The Kier molecular flexibility index (Phi) is 5.59. The van der Waals surface area contributed by atoms with Crippen LogP contribution in [0.4, 0.5) is 14.5 Å². The lowest BCUT2D eigenvalue weighted by Crippen LogP contribution is -2.21. The van der Waals surface area contributed by atoms with Gasteiger partial charge < -0.3 is 10.2 Å². The molecule has 0 heterocycles. The fraction of sp³-hybridized carbons (Fsp3) is 0.100. The number of nitrogens with one attached hydrogen (secondary N) is 2. The van der Waals surface area contributed by atoms with Gasteiger partial charge in [-0.3, -0.25) is 0 Å². The molecule has 0 saturated carbocycles. The monoisotopic (exact) mass is 340 g/mol. The zero-order valence-electron chi connectivity index (χ0n) is 13.5. The van der Waals surface area contributed by atoms with Crippen LogP contribution in [0.15, 0.2) is 72.8 Å². The average Bonchev–Trinajstić information content (AvgIpc) is 2.63. The molecule has 0 aromatic heterocycles. The number of para-hydroxylation sites is 1. The third kappa shape index (κ3) is 4.78. The van der Waals surface area contributed by atoms with Gasteiger partial charge in [0.25, 0.3) is 0 Å². The first-order chi connectivity index (χ1) is 12.2. The van der Waals surface area contributed by atoms with E-state index in [2.05, 4.69) is 10.9 Å². The Bertz CT molecular complexity index is 825. The second kappa shape index (κ2) is 8.26. The number of hydrogen-bond acceptors (Lipinski definition) is 3. The summed E-state index contributed by atoms with van der Waals surface area (Å²) < 4.78 is 32.1. The summed E-state index contributed by atoms with van der Waals surface area (Å²) in [6.45, 7) is 0.770. The van der Waals surface area contributed by atoms with Crippen molar-refractivity contribution in [1.82, 2.24) is 5.43 Å². The Morgan fingerprint density at radius 1 is 0.800 bits per heavy atom. The highest BCUT2D eigenvalue weighted by Crippen LogP contribution is 2.20. The Labute approximate surface area is 145 Å². The van der Waals surface area contributed by atoms with E-state index in [1.54, 1.807) is 0 Å². The predicted octanol–water partition coefficient (Wildman–Crippen LogP) is 4.66. The molecule has 3 aromatic rings. The first-order valence-corrected chi connectivity index (χ1v) is 7.91. The molecule has 0 radical (unpaired) electrons. The molecule has 0 amide bonds. The minimum absolute atomic E-state index is 0.0339. The number of rotatable bonds is 7. The fourth-order valence-corrected chi connectivity index (χ4v) is 2.38. The molecular weight excluding hydrogens is 322 g/mol. The minimum Gasteiger partial charge on any atom is -0.486 e. The molecule has 3 nitrogen and oxygen atoms in total. The summed E-state index contributed by atoms with van der Waals surface area (Å²) >= 11 is 0. The maximum atomic E-state index is 13.7. The van der Waals surface area contributed by atoms with Gasteiger partial charge in [-0.1, -0.05) is 42.5 Å². The van der Waals surface area contributed by atoms with E-state index in [9.17, 15) is 8.78 Å². The lowest BCUT2D eigenvalue weighted by atomic mass is 10.1. The summed E-state index contributed by atoms with van der Waals surface area (Å²) in [5.41, 5.74) is 9.17. The maximum Gasteiger partial charge on any atom is 0.167 e. The van der Waals surface area contributed by atoms with Gasteiger partial charge in [0.15, 0.2) is 11.6 Å². The standard InChI is InChI=1S/C20H18F2N2O/c21-17-10-11-20(19(22)12-17)25-14-16-7-5-4-6-15(16)13-23-24-18-8-2-1-3-9-18/h1-12,23-24H,13-14H2. The van der Waals surface area contributed by atoms with Gasteiger partial charge in [0.2, 0.25) is 0 Å². The first-order valence-electron chi connectivity index (χ1n) is 7.91. The maximum absolute atomic E-state index is 13.7. The molecule has 0 saturated heterocycles. The number of hydrogen-bond donors (Lipinski definition) is 2. The van der Waals surface area contributed by atoms with Crippen LogP contribution in [0.2, 0.25) is 0 Å². The topological polar surface area (TPSA) is 33.3 Å². The van der Waals surface area contributed by atoms with Gasteiger partial charge in [-0.2, -0.15) is 0 Å². The molecule has 0 aliphatic carbocycles. The number of halogens is 2. The minimum atomic E-state index is -0.707. The van der Waals surface area contributed by atoms with Crippen molar-refractivity contribution in [3.05, 3.63) is 95.6 Å². The van der Waals surface area contributed by atoms with Crippen molar-refractivity contribution in [3.8, 4) is 5.75 Å². The van der Waals surface area contributed by atoms with Gasteiger partial charge in [-0.25, -0.2) is 14.2 Å². The molecule has 0 unspecified atom stereocenters. The SMILES string of the molecule is Fc1ccc(OCc2ccccc2CNNc2ccccc2)c(F)c1. The van der Waals surface area contributed by atoms with E-state index in [1.165, 1.54) is 12.1 Å². The summed E-state index contributed by atoms with van der Waals surface area (Å²) in [5.74, 6) is -1.30. The van der Waals surface area contributed by atoms with Gasteiger partial charge in [-0.15, -0.1) is 0 Å². The molecule has 0 aliphatic rings. The summed E-state index contributed by atoms with van der Waals surface area (Å²) in [6.07, 6.45) is 0. The van der Waals surface area contributed by atoms with E-state index in [0.29, 0.717) is 6.54 Å². The number of hydrazine groups is 1. The normalized spacial score (nSPS) is 10.5. The Balaban J connectivity index is 1.60. The second-order valence-electron chi connectivity index (χ2n) is 5.48. The molecule has 3 aromatic carbocycles.